The second-order valence-corrected chi connectivity index (χ2v) is 6.07. The largest absolute Gasteiger partial charge is 0.486 e. The quantitative estimate of drug-likeness (QED) is 0.814. The lowest BCUT2D eigenvalue weighted by atomic mass is 10.1. The molecule has 4 nitrogen and oxygen atoms in total. The van der Waals surface area contributed by atoms with Crippen LogP contribution in [-0.2, 0) is 0 Å². The van der Waals surface area contributed by atoms with Crippen molar-refractivity contribution >= 4 is 17.7 Å². The molecule has 0 atom stereocenters. The summed E-state index contributed by atoms with van der Waals surface area (Å²) in [6, 6.07) is 11.6. The van der Waals surface area contributed by atoms with E-state index in [2.05, 4.69) is 4.98 Å². The third kappa shape index (κ3) is 2.95. The van der Waals surface area contributed by atoms with Crippen LogP contribution < -0.4 is 4.74 Å². The first-order valence-electron chi connectivity index (χ1n) is 7.19. The van der Waals surface area contributed by atoms with Crippen LogP contribution in [0.2, 0.25) is 0 Å². The van der Waals surface area contributed by atoms with Crippen LogP contribution in [0.1, 0.15) is 15.9 Å². The number of rotatable bonds is 4. The van der Waals surface area contributed by atoms with Crippen molar-refractivity contribution in [1.82, 2.24) is 9.88 Å². The molecule has 22 heavy (non-hydrogen) atoms. The number of hydrogen-bond acceptors (Lipinski definition) is 4. The van der Waals surface area contributed by atoms with Crippen molar-refractivity contribution in [2.45, 2.75) is 18.1 Å². The Morgan fingerprint density at radius 1 is 1.27 bits per heavy atom. The molecule has 0 bridgehead atoms. The summed E-state index contributed by atoms with van der Waals surface area (Å²) in [7, 11) is 0. The van der Waals surface area contributed by atoms with E-state index >= 15 is 0 Å². The highest BCUT2D eigenvalue weighted by atomic mass is 32.2. The van der Waals surface area contributed by atoms with Crippen LogP contribution in [0.4, 0.5) is 0 Å². The standard InChI is InChI=1S/C17H18N2O2S/c1-12-6-3-4-8-15(12)21-13-10-19(11-13)17(20)14-7-5-9-18-16(14)22-2/h3-9,13H,10-11H2,1-2H3. The van der Waals surface area contributed by atoms with E-state index in [0.717, 1.165) is 16.3 Å². The number of likely N-dealkylation sites (tertiary alicyclic amines) is 1. The minimum Gasteiger partial charge on any atom is -0.486 e. The van der Waals surface area contributed by atoms with E-state index in [1.807, 2.05) is 43.5 Å². The number of carbonyl (C=O) groups excluding carboxylic acids is 1. The van der Waals surface area contributed by atoms with Crippen LogP contribution in [-0.4, -0.2) is 41.2 Å². The molecule has 1 fully saturated rings. The summed E-state index contributed by atoms with van der Waals surface area (Å²) in [5.41, 5.74) is 1.79. The highest BCUT2D eigenvalue weighted by Gasteiger charge is 2.34. The Hall–Kier alpha value is -2.01. The maximum atomic E-state index is 12.5. The molecule has 0 radical (unpaired) electrons. The van der Waals surface area contributed by atoms with Gasteiger partial charge in [-0.2, -0.15) is 0 Å². The van der Waals surface area contributed by atoms with Gasteiger partial charge < -0.3 is 9.64 Å². The molecule has 2 heterocycles. The monoisotopic (exact) mass is 314 g/mol. The Balaban J connectivity index is 1.61. The molecule has 2 aromatic rings. The summed E-state index contributed by atoms with van der Waals surface area (Å²) in [5, 5.41) is 0.774. The van der Waals surface area contributed by atoms with E-state index in [0.29, 0.717) is 18.7 Å². The van der Waals surface area contributed by atoms with E-state index < -0.39 is 0 Å². The van der Waals surface area contributed by atoms with E-state index in [-0.39, 0.29) is 12.0 Å². The van der Waals surface area contributed by atoms with Gasteiger partial charge in [-0.15, -0.1) is 11.8 Å². The average Bonchev–Trinajstić information content (AvgIpc) is 2.51. The zero-order chi connectivity index (χ0) is 15.5. The Bertz CT molecular complexity index is 684. The number of benzene rings is 1. The maximum Gasteiger partial charge on any atom is 0.256 e. The fourth-order valence-corrected chi connectivity index (χ4v) is 2.97. The predicted molar refractivity (Wildman–Crippen MR) is 87.5 cm³/mol. The first kappa shape index (κ1) is 14.9. The summed E-state index contributed by atoms with van der Waals surface area (Å²) >= 11 is 1.49. The van der Waals surface area contributed by atoms with Gasteiger partial charge in [0, 0.05) is 6.20 Å². The van der Waals surface area contributed by atoms with Crippen LogP contribution in [0.15, 0.2) is 47.6 Å². The molecule has 0 aliphatic carbocycles. The van der Waals surface area contributed by atoms with E-state index in [4.69, 9.17) is 4.74 Å². The molecular formula is C17H18N2O2S. The minimum absolute atomic E-state index is 0.0297. The van der Waals surface area contributed by atoms with Gasteiger partial charge in [0.2, 0.25) is 0 Å². The van der Waals surface area contributed by atoms with Crippen molar-refractivity contribution < 1.29 is 9.53 Å². The van der Waals surface area contributed by atoms with Crippen LogP contribution in [0.5, 0.6) is 5.75 Å². The Kier molecular flexibility index (Phi) is 4.34. The number of aromatic nitrogens is 1. The molecule has 0 saturated carbocycles. The number of ether oxygens (including phenoxy) is 1. The number of hydrogen-bond donors (Lipinski definition) is 0. The normalized spacial score (nSPS) is 14.5. The predicted octanol–water partition coefficient (Wildman–Crippen LogP) is 3.02. The van der Waals surface area contributed by atoms with Gasteiger partial charge in [-0.05, 0) is 36.9 Å². The van der Waals surface area contributed by atoms with Crippen molar-refractivity contribution in [2.75, 3.05) is 19.3 Å². The summed E-state index contributed by atoms with van der Waals surface area (Å²) in [5.74, 6) is 0.924. The number of para-hydroxylation sites is 1. The fraction of sp³-hybridized carbons (Fsp3) is 0.294. The molecule has 5 heteroatoms. The lowest BCUT2D eigenvalue weighted by Crippen LogP contribution is -2.56. The topological polar surface area (TPSA) is 42.4 Å². The van der Waals surface area contributed by atoms with Gasteiger partial charge in [0.15, 0.2) is 0 Å². The Morgan fingerprint density at radius 2 is 2.05 bits per heavy atom. The number of pyridine rings is 1. The van der Waals surface area contributed by atoms with Gasteiger partial charge in [0.05, 0.1) is 18.7 Å². The number of nitrogens with zero attached hydrogens (tertiary/aromatic N) is 2. The second kappa shape index (κ2) is 6.40. The van der Waals surface area contributed by atoms with Crippen molar-refractivity contribution in [3.63, 3.8) is 0 Å². The molecule has 1 aromatic heterocycles. The third-order valence-electron chi connectivity index (χ3n) is 3.72. The molecule has 0 N–H and O–H groups in total. The zero-order valence-corrected chi connectivity index (χ0v) is 13.5. The lowest BCUT2D eigenvalue weighted by Gasteiger charge is -2.39. The van der Waals surface area contributed by atoms with Crippen molar-refractivity contribution in [1.29, 1.82) is 0 Å². The van der Waals surface area contributed by atoms with Gasteiger partial charge in [-0.1, -0.05) is 18.2 Å². The number of carbonyl (C=O) groups is 1. The second-order valence-electron chi connectivity index (χ2n) is 5.28. The summed E-state index contributed by atoms with van der Waals surface area (Å²) in [4.78, 5) is 18.5. The van der Waals surface area contributed by atoms with Crippen LogP contribution in [0.3, 0.4) is 0 Å². The first-order valence-corrected chi connectivity index (χ1v) is 8.42. The minimum atomic E-state index is 0.0297. The third-order valence-corrected chi connectivity index (χ3v) is 4.43. The molecule has 0 spiro atoms. The summed E-state index contributed by atoms with van der Waals surface area (Å²) in [6.07, 6.45) is 3.71. The molecule has 1 amide bonds. The number of aryl methyl sites for hydroxylation is 1. The number of thioether (sulfide) groups is 1. The van der Waals surface area contributed by atoms with Gasteiger partial charge in [-0.25, -0.2) is 4.98 Å². The van der Waals surface area contributed by atoms with Crippen LogP contribution >= 0.6 is 11.8 Å². The van der Waals surface area contributed by atoms with E-state index in [9.17, 15) is 4.79 Å². The van der Waals surface area contributed by atoms with E-state index in [1.165, 1.54) is 11.8 Å². The van der Waals surface area contributed by atoms with Gasteiger partial charge >= 0.3 is 0 Å². The zero-order valence-electron chi connectivity index (χ0n) is 12.7. The maximum absolute atomic E-state index is 12.5. The average molecular weight is 314 g/mol. The first-order chi connectivity index (χ1) is 10.7. The van der Waals surface area contributed by atoms with Crippen LogP contribution in [0, 0.1) is 6.92 Å². The smallest absolute Gasteiger partial charge is 0.256 e. The molecule has 1 aliphatic heterocycles. The van der Waals surface area contributed by atoms with Gasteiger partial charge in [0.1, 0.15) is 16.9 Å². The fourth-order valence-electron chi connectivity index (χ4n) is 2.43. The number of amides is 1. The summed E-state index contributed by atoms with van der Waals surface area (Å²) < 4.78 is 5.94. The molecule has 1 aromatic carbocycles. The SMILES string of the molecule is CSc1ncccc1C(=O)N1CC(Oc2ccccc2C)C1. The molecule has 114 valence electrons. The Morgan fingerprint density at radius 3 is 2.77 bits per heavy atom. The molecular weight excluding hydrogens is 296 g/mol. The van der Waals surface area contributed by atoms with Gasteiger partial charge in [0.25, 0.3) is 5.91 Å². The molecule has 1 saturated heterocycles. The van der Waals surface area contributed by atoms with Crippen molar-refractivity contribution in [2.24, 2.45) is 0 Å². The molecule has 1 aliphatic rings. The van der Waals surface area contributed by atoms with Crippen LogP contribution in [0.25, 0.3) is 0 Å². The van der Waals surface area contributed by atoms with Crippen molar-refractivity contribution in [3.05, 3.63) is 53.7 Å². The highest BCUT2D eigenvalue weighted by molar-refractivity contribution is 7.98. The highest BCUT2D eigenvalue weighted by Crippen LogP contribution is 2.25. The molecule has 0 unspecified atom stereocenters. The van der Waals surface area contributed by atoms with Crippen molar-refractivity contribution in [3.8, 4) is 5.75 Å². The summed E-state index contributed by atoms with van der Waals surface area (Å²) in [6.45, 7) is 3.27. The molecule has 3 rings (SSSR count). The Labute approximate surface area is 134 Å². The van der Waals surface area contributed by atoms with E-state index in [1.54, 1.807) is 17.2 Å². The lowest BCUT2D eigenvalue weighted by molar-refractivity contribution is 0.0172. The van der Waals surface area contributed by atoms with Gasteiger partial charge in [-0.3, -0.25) is 4.79 Å².